The number of carboxylic acids is 1. The second kappa shape index (κ2) is 10.9. The Morgan fingerprint density at radius 1 is 1.27 bits per heavy atom. The maximum atomic E-state index is 12.2. The Hall–Kier alpha value is -2.81. The van der Waals surface area contributed by atoms with Crippen molar-refractivity contribution in [3.05, 3.63) is 41.6 Å². The van der Waals surface area contributed by atoms with Gasteiger partial charge in [-0.3, -0.25) is 4.79 Å². The third kappa shape index (κ3) is 7.39. The molecule has 0 bridgehead atoms. The van der Waals surface area contributed by atoms with Crippen LogP contribution in [0.1, 0.15) is 45.6 Å². The van der Waals surface area contributed by atoms with Crippen LogP contribution < -0.4 is 10.6 Å². The van der Waals surface area contributed by atoms with Crippen LogP contribution in [0.5, 0.6) is 0 Å². The number of aliphatic carboxylic acids is 1. The van der Waals surface area contributed by atoms with Gasteiger partial charge in [0.15, 0.2) is 0 Å². The molecule has 1 atom stereocenters. The van der Waals surface area contributed by atoms with Crippen molar-refractivity contribution in [2.45, 2.75) is 52.5 Å². The van der Waals surface area contributed by atoms with Gasteiger partial charge in [0, 0.05) is 11.9 Å². The largest absolute Gasteiger partial charge is 0.480 e. The van der Waals surface area contributed by atoms with Gasteiger partial charge in [-0.1, -0.05) is 39.3 Å². The molecule has 0 radical (unpaired) electrons. The second-order valence-corrected chi connectivity index (χ2v) is 6.61. The van der Waals surface area contributed by atoms with E-state index in [1.807, 2.05) is 26.0 Å². The van der Waals surface area contributed by atoms with E-state index < -0.39 is 17.9 Å². The number of nitrogens with zero attached hydrogens (tertiary/aromatic N) is 1. The molecular formula is C20H27N3O3. The minimum absolute atomic E-state index is 0.169. The fourth-order valence-corrected chi connectivity index (χ4v) is 2.38. The number of carbonyl (C=O) groups excluding carboxylic acids is 1. The molecule has 26 heavy (non-hydrogen) atoms. The molecule has 0 aliphatic carbocycles. The first kappa shape index (κ1) is 21.2. The molecule has 1 aromatic carbocycles. The van der Waals surface area contributed by atoms with Crippen molar-refractivity contribution in [2.75, 3.05) is 5.32 Å². The minimum atomic E-state index is -1.02. The summed E-state index contributed by atoms with van der Waals surface area (Å²) in [6, 6.07) is 8.44. The summed E-state index contributed by atoms with van der Waals surface area (Å²) in [6.07, 6.45) is 4.79. The number of hydrogen-bond donors (Lipinski definition) is 3. The predicted molar refractivity (Wildman–Crippen MR) is 101 cm³/mol. The van der Waals surface area contributed by atoms with E-state index in [1.54, 1.807) is 18.2 Å². The summed E-state index contributed by atoms with van der Waals surface area (Å²) in [6.45, 7) is 5.95. The zero-order valence-corrected chi connectivity index (χ0v) is 15.6. The van der Waals surface area contributed by atoms with Crippen molar-refractivity contribution in [3.63, 3.8) is 0 Å². The summed E-state index contributed by atoms with van der Waals surface area (Å²) in [4.78, 5) is 23.4. The predicted octanol–water partition coefficient (Wildman–Crippen LogP) is 3.46. The van der Waals surface area contributed by atoms with Gasteiger partial charge in [-0.05, 0) is 42.9 Å². The molecular weight excluding hydrogens is 330 g/mol. The first-order valence-corrected chi connectivity index (χ1v) is 8.86. The van der Waals surface area contributed by atoms with Gasteiger partial charge in [-0.15, -0.1) is 0 Å². The van der Waals surface area contributed by atoms with Crippen molar-refractivity contribution in [1.82, 2.24) is 5.32 Å². The quantitative estimate of drug-likeness (QED) is 0.439. The summed E-state index contributed by atoms with van der Waals surface area (Å²) >= 11 is 0. The first-order chi connectivity index (χ1) is 12.4. The highest BCUT2D eigenvalue weighted by molar-refractivity contribution is 6.06. The van der Waals surface area contributed by atoms with Crippen LogP contribution in [0.3, 0.4) is 0 Å². The number of unbranched alkanes of at least 4 members (excludes halogenated alkanes) is 1. The Kier molecular flexibility index (Phi) is 8.93. The van der Waals surface area contributed by atoms with Gasteiger partial charge in [-0.2, -0.15) is 5.26 Å². The number of benzene rings is 1. The minimum Gasteiger partial charge on any atom is -0.480 e. The summed E-state index contributed by atoms with van der Waals surface area (Å²) in [5.41, 5.74) is 1.61. The van der Waals surface area contributed by atoms with E-state index in [0.717, 1.165) is 19.3 Å². The number of rotatable bonds is 10. The van der Waals surface area contributed by atoms with Gasteiger partial charge >= 0.3 is 5.97 Å². The number of amides is 1. The number of carbonyl (C=O) groups is 2. The lowest BCUT2D eigenvalue weighted by atomic mass is 10.0. The van der Waals surface area contributed by atoms with Crippen LogP contribution in [-0.4, -0.2) is 23.0 Å². The Balaban J connectivity index is 2.73. The molecule has 0 saturated carbocycles. The fraction of sp³-hybridized carbons (Fsp3) is 0.450. The molecule has 1 unspecified atom stereocenters. The molecule has 0 aromatic heterocycles. The van der Waals surface area contributed by atoms with Crippen molar-refractivity contribution in [3.8, 4) is 6.07 Å². The summed E-state index contributed by atoms with van der Waals surface area (Å²) in [5.74, 6) is -1.42. The smallest absolute Gasteiger partial charge is 0.326 e. The zero-order chi connectivity index (χ0) is 19.5. The molecule has 0 fully saturated rings. The van der Waals surface area contributed by atoms with Crippen LogP contribution in [0, 0.1) is 17.2 Å². The molecule has 1 aromatic rings. The summed E-state index contributed by atoms with van der Waals surface area (Å²) in [5, 5.41) is 23.7. The van der Waals surface area contributed by atoms with Crippen LogP contribution in [0.15, 0.2) is 36.0 Å². The molecule has 1 amide bonds. The fourth-order valence-electron chi connectivity index (χ4n) is 2.38. The van der Waals surface area contributed by atoms with Crippen molar-refractivity contribution < 1.29 is 14.7 Å². The molecule has 0 aliphatic heterocycles. The van der Waals surface area contributed by atoms with E-state index in [1.165, 1.54) is 11.8 Å². The van der Waals surface area contributed by atoms with Gasteiger partial charge in [0.25, 0.3) is 5.91 Å². The number of carboxylic acid groups (broad SMARTS) is 1. The highest BCUT2D eigenvalue weighted by Crippen LogP contribution is 2.13. The molecule has 0 saturated heterocycles. The SMILES string of the molecule is CCCCc1ccc(NC(=O)/C(C#N)=C\NC(CC(C)C)C(=O)O)cc1. The standard InChI is InChI=1S/C20H27N3O3/c1-4-5-6-15-7-9-17(10-8-15)23-19(24)16(12-21)13-22-18(20(25)26)11-14(2)3/h7-10,13-14,18,22H,4-6,11H2,1-3H3,(H,23,24)(H,25,26)/b16-13-. The number of nitrogens with one attached hydrogen (secondary N) is 2. The molecule has 0 aliphatic rings. The number of nitriles is 1. The average molecular weight is 357 g/mol. The van der Waals surface area contributed by atoms with Crippen LogP contribution in [0.2, 0.25) is 0 Å². The third-order valence-electron chi connectivity index (χ3n) is 3.83. The molecule has 3 N–H and O–H groups in total. The third-order valence-corrected chi connectivity index (χ3v) is 3.83. The zero-order valence-electron chi connectivity index (χ0n) is 15.6. The Morgan fingerprint density at radius 3 is 2.42 bits per heavy atom. The highest BCUT2D eigenvalue weighted by atomic mass is 16.4. The normalized spacial score (nSPS) is 12.3. The molecule has 6 heteroatoms. The van der Waals surface area contributed by atoms with Crippen molar-refractivity contribution in [1.29, 1.82) is 5.26 Å². The van der Waals surface area contributed by atoms with Crippen molar-refractivity contribution >= 4 is 17.6 Å². The van der Waals surface area contributed by atoms with Crippen LogP contribution >= 0.6 is 0 Å². The van der Waals surface area contributed by atoms with Crippen LogP contribution in [0.25, 0.3) is 0 Å². The lowest BCUT2D eigenvalue weighted by Crippen LogP contribution is -2.35. The summed E-state index contributed by atoms with van der Waals surface area (Å²) in [7, 11) is 0. The van der Waals surface area contributed by atoms with Gasteiger partial charge in [0.2, 0.25) is 0 Å². The van der Waals surface area contributed by atoms with Gasteiger partial charge in [0.1, 0.15) is 17.7 Å². The Morgan fingerprint density at radius 2 is 1.92 bits per heavy atom. The Bertz CT molecular complexity index is 673. The van der Waals surface area contributed by atoms with E-state index in [4.69, 9.17) is 0 Å². The monoisotopic (exact) mass is 357 g/mol. The van der Waals surface area contributed by atoms with Crippen LogP contribution in [-0.2, 0) is 16.0 Å². The van der Waals surface area contributed by atoms with E-state index >= 15 is 0 Å². The molecule has 0 spiro atoms. The van der Waals surface area contributed by atoms with Gasteiger partial charge in [-0.25, -0.2) is 4.79 Å². The van der Waals surface area contributed by atoms with Gasteiger partial charge < -0.3 is 15.7 Å². The Labute approximate surface area is 154 Å². The van der Waals surface area contributed by atoms with Crippen molar-refractivity contribution in [2.24, 2.45) is 5.92 Å². The van der Waals surface area contributed by atoms with E-state index in [0.29, 0.717) is 12.1 Å². The van der Waals surface area contributed by atoms with E-state index in [-0.39, 0.29) is 11.5 Å². The number of anilines is 1. The highest BCUT2D eigenvalue weighted by Gasteiger charge is 2.18. The summed E-state index contributed by atoms with van der Waals surface area (Å²) < 4.78 is 0. The topological polar surface area (TPSA) is 102 Å². The van der Waals surface area contributed by atoms with E-state index in [9.17, 15) is 20.0 Å². The van der Waals surface area contributed by atoms with Crippen LogP contribution in [0.4, 0.5) is 5.69 Å². The number of aryl methyl sites for hydroxylation is 1. The molecule has 6 nitrogen and oxygen atoms in total. The van der Waals surface area contributed by atoms with E-state index in [2.05, 4.69) is 17.6 Å². The van der Waals surface area contributed by atoms with Gasteiger partial charge in [0.05, 0.1) is 0 Å². The molecule has 1 rings (SSSR count). The maximum Gasteiger partial charge on any atom is 0.326 e. The second-order valence-electron chi connectivity index (χ2n) is 6.61. The lowest BCUT2D eigenvalue weighted by Gasteiger charge is -2.15. The first-order valence-electron chi connectivity index (χ1n) is 8.86. The number of hydrogen-bond acceptors (Lipinski definition) is 4. The molecule has 0 heterocycles. The maximum absolute atomic E-state index is 12.2. The molecule has 140 valence electrons. The average Bonchev–Trinajstić information content (AvgIpc) is 2.60. The lowest BCUT2D eigenvalue weighted by molar-refractivity contribution is -0.139.